The van der Waals surface area contributed by atoms with Gasteiger partial charge in [0, 0.05) is 15.9 Å². The van der Waals surface area contributed by atoms with Crippen LogP contribution in [0.2, 0.25) is 0 Å². The van der Waals surface area contributed by atoms with Gasteiger partial charge in [-0.2, -0.15) is 0 Å². The third-order valence-corrected chi connectivity index (χ3v) is 7.75. The Morgan fingerprint density at radius 1 is 1.35 bits per heavy atom. The Hall–Kier alpha value is -1.04. The van der Waals surface area contributed by atoms with Gasteiger partial charge in [0.25, 0.3) is 0 Å². The summed E-state index contributed by atoms with van der Waals surface area (Å²) in [6.07, 6.45) is -2.86. The molecule has 26 heavy (non-hydrogen) atoms. The first-order chi connectivity index (χ1) is 13.7. The van der Waals surface area contributed by atoms with Gasteiger partial charge in [0.05, 0.1) is 7.45 Å². The van der Waals surface area contributed by atoms with E-state index in [1.54, 1.807) is 6.92 Å². The summed E-state index contributed by atoms with van der Waals surface area (Å²) < 4.78 is 36.2. The van der Waals surface area contributed by atoms with Gasteiger partial charge in [0.15, 0.2) is 11.6 Å². The fraction of sp³-hybridized carbons (Fsp3) is 0.810. The third kappa shape index (κ3) is 2.14. The van der Waals surface area contributed by atoms with Gasteiger partial charge in [-0.3, -0.25) is 9.59 Å². The van der Waals surface area contributed by atoms with E-state index in [-0.39, 0.29) is 31.5 Å². The van der Waals surface area contributed by atoms with Crippen LogP contribution >= 0.6 is 0 Å². The number of carbonyl (C=O) groups is 2. The van der Waals surface area contributed by atoms with Crippen molar-refractivity contribution in [1.82, 2.24) is 0 Å². The van der Waals surface area contributed by atoms with Gasteiger partial charge in [-0.15, -0.1) is 0 Å². The highest BCUT2D eigenvalue weighted by atomic mass is 16.3. The SMILES string of the molecule is [2H]C1([2H])[C@]([2H])(O)C2([2H])C(CCC3=CC(=O)CC[C@@]32C)C2CCC(O)(C(=O)CO)[C@]21C. The maximum absolute atomic E-state index is 12.6. The lowest BCUT2D eigenvalue weighted by molar-refractivity contribution is -0.182. The molecule has 0 aromatic rings. The molecule has 0 aromatic heterocycles. The summed E-state index contributed by atoms with van der Waals surface area (Å²) >= 11 is 0. The number of fused-ring (bicyclic) bond motifs is 5. The second kappa shape index (κ2) is 5.73. The molecule has 3 N–H and O–H groups in total. The van der Waals surface area contributed by atoms with Crippen LogP contribution in [0.1, 0.15) is 64.2 Å². The molecule has 144 valence electrons. The van der Waals surface area contributed by atoms with Gasteiger partial charge < -0.3 is 15.3 Å². The highest BCUT2D eigenvalue weighted by molar-refractivity contribution is 5.91. The maximum atomic E-state index is 12.6. The Balaban J connectivity index is 1.97. The molecule has 4 aliphatic rings. The van der Waals surface area contributed by atoms with Crippen molar-refractivity contribution in [1.29, 1.82) is 0 Å². The van der Waals surface area contributed by atoms with Crippen LogP contribution in [0, 0.1) is 28.6 Å². The quantitative estimate of drug-likeness (QED) is 0.692. The molecule has 4 aliphatic carbocycles. The monoisotopic (exact) mass is 366 g/mol. The first-order valence-corrected chi connectivity index (χ1v) is 9.49. The van der Waals surface area contributed by atoms with Crippen molar-refractivity contribution in [2.45, 2.75) is 70.4 Å². The van der Waals surface area contributed by atoms with Gasteiger partial charge in [0.2, 0.25) is 0 Å². The average molecular weight is 366 g/mol. The highest BCUT2D eigenvalue weighted by Gasteiger charge is 2.68. The number of aliphatic hydroxyl groups excluding tert-OH is 1. The number of allylic oxidation sites excluding steroid dienone is 1. The first-order valence-electron chi connectivity index (χ1n) is 11.5. The van der Waals surface area contributed by atoms with E-state index in [9.17, 15) is 26.3 Å². The number of hydrogen-bond acceptors (Lipinski definition) is 5. The van der Waals surface area contributed by atoms with Crippen LogP contribution in [0.15, 0.2) is 11.6 Å². The zero-order chi connectivity index (χ0) is 22.5. The molecule has 0 radical (unpaired) electrons. The van der Waals surface area contributed by atoms with Gasteiger partial charge in [-0.25, -0.2) is 0 Å². The minimum absolute atomic E-state index is 0.0644. The Morgan fingerprint density at radius 3 is 2.77 bits per heavy atom. The summed E-state index contributed by atoms with van der Waals surface area (Å²) in [6.45, 7) is 2.16. The molecule has 0 heterocycles. The van der Waals surface area contributed by atoms with Crippen molar-refractivity contribution in [3.63, 3.8) is 0 Å². The van der Waals surface area contributed by atoms with Crippen molar-refractivity contribution in [2.24, 2.45) is 28.6 Å². The van der Waals surface area contributed by atoms with Crippen molar-refractivity contribution < 1.29 is 30.4 Å². The molecular weight excluding hydrogens is 332 g/mol. The van der Waals surface area contributed by atoms with Gasteiger partial charge in [-0.05, 0) is 67.7 Å². The minimum atomic E-state index is -2.96. The maximum Gasteiger partial charge on any atom is 0.190 e. The summed E-state index contributed by atoms with van der Waals surface area (Å²) in [7, 11) is 0. The van der Waals surface area contributed by atoms with Crippen molar-refractivity contribution >= 4 is 11.6 Å². The molecule has 4 rings (SSSR count). The van der Waals surface area contributed by atoms with Crippen LogP contribution in [-0.4, -0.2) is 45.2 Å². The average Bonchev–Trinajstić information content (AvgIpc) is 2.96. The molecule has 5 heteroatoms. The fourth-order valence-corrected chi connectivity index (χ4v) is 6.21. The second-order valence-corrected chi connectivity index (χ2v) is 8.79. The molecule has 0 bridgehead atoms. The molecule has 3 saturated carbocycles. The predicted octanol–water partition coefficient (Wildman–Crippen LogP) is 1.78. The molecule has 4 unspecified atom stereocenters. The van der Waals surface area contributed by atoms with Crippen LogP contribution < -0.4 is 0 Å². The molecule has 5 nitrogen and oxygen atoms in total. The molecule has 0 spiro atoms. The lowest BCUT2D eigenvalue weighted by atomic mass is 9.45. The number of ketones is 2. The van der Waals surface area contributed by atoms with E-state index in [0.29, 0.717) is 18.4 Å². The topological polar surface area (TPSA) is 94.8 Å². The molecular formula is C21H30O5. The number of hydrogen-bond donors (Lipinski definition) is 3. The Morgan fingerprint density at radius 2 is 2.08 bits per heavy atom. The van der Waals surface area contributed by atoms with E-state index in [0.717, 1.165) is 0 Å². The van der Waals surface area contributed by atoms with E-state index in [2.05, 4.69) is 0 Å². The predicted molar refractivity (Wildman–Crippen MR) is 95.1 cm³/mol. The third-order valence-electron chi connectivity index (χ3n) is 7.75. The molecule has 0 aromatic carbocycles. The highest BCUT2D eigenvalue weighted by Crippen LogP contribution is 2.67. The van der Waals surface area contributed by atoms with E-state index < -0.39 is 59.0 Å². The van der Waals surface area contributed by atoms with E-state index in [1.807, 2.05) is 0 Å². The van der Waals surface area contributed by atoms with E-state index in [1.165, 1.54) is 13.0 Å². The Labute approximate surface area is 160 Å². The normalized spacial score (nSPS) is 60.3. The standard InChI is InChI=1S/C21H30O5/c1-19-7-5-13(23)9-12(19)3-4-14-15-6-8-21(26,17(25)11-22)20(15,2)10-16(24)18(14)19/h9,14-16,18,22,24,26H,3-8,10-11H2,1-2H3/t14?,15?,16-,18?,19-,20-,21?/m0/s1/i10D2,16D,18D. The van der Waals surface area contributed by atoms with Crippen molar-refractivity contribution in [3.05, 3.63) is 11.6 Å². The smallest absolute Gasteiger partial charge is 0.190 e. The summed E-state index contributed by atoms with van der Waals surface area (Å²) in [5.41, 5.74) is -4.47. The molecule has 7 atom stereocenters. The van der Waals surface area contributed by atoms with E-state index in [4.69, 9.17) is 4.11 Å². The summed E-state index contributed by atoms with van der Waals surface area (Å²) in [5, 5.41) is 32.3. The number of aliphatic hydroxyl groups is 3. The number of rotatable bonds is 2. The van der Waals surface area contributed by atoms with Crippen molar-refractivity contribution in [3.8, 4) is 0 Å². The lowest BCUT2D eigenvalue weighted by Gasteiger charge is -2.60. The minimum Gasteiger partial charge on any atom is -0.393 e. The fourth-order valence-electron chi connectivity index (χ4n) is 6.21. The van der Waals surface area contributed by atoms with Crippen LogP contribution in [0.3, 0.4) is 0 Å². The molecule has 0 amide bonds. The van der Waals surface area contributed by atoms with Crippen LogP contribution in [-0.2, 0) is 9.59 Å². The summed E-state index contributed by atoms with van der Waals surface area (Å²) in [4.78, 5) is 24.6. The Kier molecular flexibility index (Phi) is 3.09. The van der Waals surface area contributed by atoms with E-state index >= 15 is 0 Å². The van der Waals surface area contributed by atoms with Gasteiger partial charge in [-0.1, -0.05) is 19.4 Å². The molecule has 3 fully saturated rings. The molecule has 0 saturated heterocycles. The first kappa shape index (κ1) is 14.0. The zero-order valence-electron chi connectivity index (χ0n) is 19.3. The number of Topliss-reactive ketones (excluding diaryl/α,β-unsaturated/α-hetero) is 1. The van der Waals surface area contributed by atoms with Gasteiger partial charge >= 0.3 is 0 Å². The molecule has 0 aliphatic heterocycles. The largest absolute Gasteiger partial charge is 0.393 e. The second-order valence-electron chi connectivity index (χ2n) is 8.79. The van der Waals surface area contributed by atoms with Crippen LogP contribution in [0.5, 0.6) is 0 Å². The Bertz CT molecular complexity index is 856. The van der Waals surface area contributed by atoms with Crippen LogP contribution in [0.25, 0.3) is 0 Å². The summed E-state index contributed by atoms with van der Waals surface area (Å²) in [5.74, 6) is -4.23. The van der Waals surface area contributed by atoms with Crippen molar-refractivity contribution in [2.75, 3.05) is 6.61 Å². The number of carbonyl (C=O) groups excluding carboxylic acids is 2. The summed E-state index contributed by atoms with van der Waals surface area (Å²) in [6, 6.07) is 0. The lowest BCUT2D eigenvalue weighted by Crippen LogP contribution is -2.62. The van der Waals surface area contributed by atoms with Crippen LogP contribution in [0.4, 0.5) is 0 Å². The zero-order valence-corrected chi connectivity index (χ0v) is 15.3. The van der Waals surface area contributed by atoms with Gasteiger partial charge in [0.1, 0.15) is 12.2 Å².